The van der Waals surface area contributed by atoms with E-state index in [0.29, 0.717) is 5.84 Å². The predicted octanol–water partition coefficient (Wildman–Crippen LogP) is 5.41. The van der Waals surface area contributed by atoms with Crippen LogP contribution in [-0.2, 0) is 0 Å². The summed E-state index contributed by atoms with van der Waals surface area (Å²) in [6.45, 7) is 14.1. The van der Waals surface area contributed by atoms with Gasteiger partial charge < -0.3 is 9.69 Å². The Morgan fingerprint density at radius 1 is 1.00 bits per heavy atom. The summed E-state index contributed by atoms with van der Waals surface area (Å²) in [7, 11) is 0. The van der Waals surface area contributed by atoms with E-state index in [2.05, 4.69) is 40.4 Å². The van der Waals surface area contributed by atoms with Gasteiger partial charge in [-0.25, -0.2) is 5.43 Å². The molecular formula is C20H14N8. The third kappa shape index (κ3) is 4.75. The normalized spacial score (nSPS) is 11.4. The van der Waals surface area contributed by atoms with Crippen molar-refractivity contribution in [2.24, 2.45) is 15.3 Å². The van der Waals surface area contributed by atoms with Crippen molar-refractivity contribution < 1.29 is 0 Å². The first-order valence-electron chi connectivity index (χ1n) is 8.16. The Morgan fingerprint density at radius 3 is 2.36 bits per heavy atom. The zero-order valence-corrected chi connectivity index (χ0v) is 14.6. The number of aromatic amines is 1. The Balaban J connectivity index is 1.81. The number of hydrogen-bond acceptors (Lipinski definition) is 4. The van der Waals surface area contributed by atoms with Gasteiger partial charge in [0.1, 0.15) is 0 Å². The minimum atomic E-state index is -0.0126. The van der Waals surface area contributed by atoms with Crippen molar-refractivity contribution in [3.05, 3.63) is 101 Å². The maximum absolute atomic E-state index is 7.04. The van der Waals surface area contributed by atoms with Crippen molar-refractivity contribution >= 4 is 29.5 Å². The zero-order valence-electron chi connectivity index (χ0n) is 14.6. The Labute approximate surface area is 161 Å². The van der Waals surface area contributed by atoms with E-state index in [9.17, 15) is 0 Å². The molecule has 0 aliphatic carbocycles. The number of aromatic nitrogens is 2. The lowest BCUT2D eigenvalue weighted by Crippen LogP contribution is -2.01. The monoisotopic (exact) mass is 366 g/mol. The average Bonchev–Trinajstić information content (AvgIpc) is 3.17. The number of amidine groups is 1. The summed E-state index contributed by atoms with van der Waals surface area (Å²) < 4.78 is 0. The molecule has 28 heavy (non-hydrogen) atoms. The summed E-state index contributed by atoms with van der Waals surface area (Å²) in [5, 5.41) is 12.4. The Kier molecular flexibility index (Phi) is 6.01. The summed E-state index contributed by atoms with van der Waals surface area (Å²) in [6.07, 6.45) is 3.41. The Morgan fingerprint density at radius 2 is 1.71 bits per heavy atom. The molecule has 0 bridgehead atoms. The van der Waals surface area contributed by atoms with E-state index in [0.717, 1.165) is 11.1 Å². The Hall–Kier alpha value is -4.56. The molecule has 134 valence electrons. The molecule has 8 heteroatoms. The predicted molar refractivity (Wildman–Crippen MR) is 108 cm³/mol. The van der Waals surface area contributed by atoms with Crippen LogP contribution in [0.5, 0.6) is 0 Å². The maximum Gasteiger partial charge on any atom is 0.390 e. The van der Waals surface area contributed by atoms with Gasteiger partial charge >= 0.3 is 5.95 Å². The highest BCUT2D eigenvalue weighted by atomic mass is 15.4. The van der Waals surface area contributed by atoms with E-state index in [1.165, 1.54) is 0 Å². The average molecular weight is 366 g/mol. The van der Waals surface area contributed by atoms with Crippen molar-refractivity contribution in [1.29, 1.82) is 0 Å². The number of azo groups is 1. The summed E-state index contributed by atoms with van der Waals surface area (Å²) in [5.74, 6) is 0.548. The molecule has 0 saturated carbocycles. The van der Waals surface area contributed by atoms with Gasteiger partial charge in [0.2, 0.25) is 5.84 Å². The number of hydrogen-bond donors (Lipinski definition) is 2. The van der Waals surface area contributed by atoms with E-state index in [-0.39, 0.29) is 17.6 Å². The van der Waals surface area contributed by atoms with Gasteiger partial charge in [0.15, 0.2) is 0 Å². The third-order valence-corrected chi connectivity index (χ3v) is 3.47. The summed E-state index contributed by atoms with van der Waals surface area (Å²) in [6, 6.07) is 19.0. The smallest absolute Gasteiger partial charge is 0.373 e. The molecule has 3 rings (SSSR count). The van der Waals surface area contributed by atoms with Gasteiger partial charge in [-0.1, -0.05) is 78.8 Å². The number of nitrogens with zero attached hydrogens (tertiary/aromatic N) is 6. The molecular weight excluding hydrogens is 352 g/mol. The molecule has 1 heterocycles. The van der Waals surface area contributed by atoms with Crippen LogP contribution in [0.15, 0.2) is 82.2 Å². The molecule has 0 spiro atoms. The third-order valence-electron chi connectivity index (χ3n) is 3.47. The van der Waals surface area contributed by atoms with Crippen LogP contribution in [0.4, 0.5) is 17.6 Å². The summed E-state index contributed by atoms with van der Waals surface area (Å²) in [5.41, 5.74) is 4.44. The van der Waals surface area contributed by atoms with Crippen LogP contribution in [0.1, 0.15) is 11.1 Å². The lowest BCUT2D eigenvalue weighted by atomic mass is 10.2. The van der Waals surface area contributed by atoms with Crippen molar-refractivity contribution in [3.8, 4) is 0 Å². The van der Waals surface area contributed by atoms with Gasteiger partial charge in [-0.2, -0.15) is 5.11 Å². The van der Waals surface area contributed by atoms with E-state index in [1.807, 2.05) is 66.7 Å². The van der Waals surface area contributed by atoms with Crippen molar-refractivity contribution in [2.45, 2.75) is 0 Å². The van der Waals surface area contributed by atoms with E-state index >= 15 is 0 Å². The van der Waals surface area contributed by atoms with Crippen LogP contribution in [0.2, 0.25) is 0 Å². The molecule has 0 saturated heterocycles. The second-order valence-electron chi connectivity index (χ2n) is 5.34. The molecule has 0 aliphatic rings. The van der Waals surface area contributed by atoms with Crippen LogP contribution in [0.3, 0.4) is 0 Å². The fourth-order valence-electron chi connectivity index (χ4n) is 2.17. The van der Waals surface area contributed by atoms with Crippen molar-refractivity contribution in [2.75, 3.05) is 5.43 Å². The van der Waals surface area contributed by atoms with Gasteiger partial charge in [-0.15, -0.1) is 10.2 Å². The zero-order chi connectivity index (χ0) is 19.6. The second-order valence-corrected chi connectivity index (χ2v) is 5.34. The number of H-pyrrole nitrogens is 1. The van der Waals surface area contributed by atoms with Gasteiger partial charge in [-0.3, -0.25) is 4.98 Å². The lowest BCUT2D eigenvalue weighted by molar-refractivity contribution is 1.17. The number of rotatable bonds is 5. The molecule has 3 aromatic rings. The topological polar surface area (TPSA) is 86.5 Å². The standard InChI is InChI=1S/C20H14N8/c1-21-18-19(22-2)25-20(24-18)28-27-17(16-11-7-4-8-12-16)26-23-14-13-15-9-5-3-6-10-15/h3-14H,(H2,24,25,28)/b14-13?,26-23?,27-17-. The number of benzene rings is 2. The van der Waals surface area contributed by atoms with Crippen LogP contribution >= 0.6 is 0 Å². The van der Waals surface area contributed by atoms with Crippen LogP contribution in [0, 0.1) is 13.1 Å². The molecule has 2 aromatic carbocycles. The van der Waals surface area contributed by atoms with Gasteiger partial charge in [0.05, 0.1) is 6.20 Å². The van der Waals surface area contributed by atoms with E-state index in [1.54, 1.807) is 6.20 Å². The molecule has 0 aliphatic heterocycles. The number of hydrazone groups is 1. The number of nitrogens with one attached hydrogen (secondary N) is 2. The molecule has 1 aromatic heterocycles. The molecule has 2 N–H and O–H groups in total. The highest BCUT2D eigenvalue weighted by Gasteiger charge is 2.13. The number of imidazole rings is 1. The first-order valence-corrected chi connectivity index (χ1v) is 8.16. The van der Waals surface area contributed by atoms with Crippen molar-refractivity contribution in [3.63, 3.8) is 0 Å². The first-order chi connectivity index (χ1) is 13.8. The minimum absolute atomic E-state index is 0.0126. The summed E-state index contributed by atoms with van der Waals surface area (Å²) in [4.78, 5) is 13.1. The van der Waals surface area contributed by atoms with E-state index < -0.39 is 0 Å². The summed E-state index contributed by atoms with van der Waals surface area (Å²) >= 11 is 0. The molecule has 0 radical (unpaired) electrons. The first kappa shape index (κ1) is 18.2. The fraction of sp³-hybridized carbons (Fsp3) is 0. The second kappa shape index (κ2) is 9.22. The van der Waals surface area contributed by atoms with Gasteiger partial charge in [-0.05, 0) is 11.6 Å². The van der Waals surface area contributed by atoms with Crippen LogP contribution in [0.25, 0.3) is 15.8 Å². The molecule has 0 amide bonds. The van der Waals surface area contributed by atoms with Gasteiger partial charge in [0.25, 0.3) is 11.6 Å². The molecule has 8 nitrogen and oxygen atoms in total. The van der Waals surface area contributed by atoms with E-state index in [4.69, 9.17) is 13.1 Å². The molecule has 0 fully saturated rings. The Bertz CT molecular complexity index is 1070. The van der Waals surface area contributed by atoms with Crippen LogP contribution < -0.4 is 5.43 Å². The molecule has 0 unspecified atom stereocenters. The van der Waals surface area contributed by atoms with Crippen LogP contribution in [-0.4, -0.2) is 15.8 Å². The maximum atomic E-state index is 7.04. The largest absolute Gasteiger partial charge is 0.390 e. The lowest BCUT2D eigenvalue weighted by Gasteiger charge is -1.98. The fourth-order valence-corrected chi connectivity index (χ4v) is 2.17. The number of anilines is 1. The SMILES string of the molecule is [C-]#[N+]c1nc(N/N=C(\N=NC=Cc2ccccc2)c2ccccc2)[nH]c1[N+]#[C-]. The molecule has 0 atom stereocenters. The highest BCUT2D eigenvalue weighted by molar-refractivity contribution is 5.99. The minimum Gasteiger partial charge on any atom is -0.373 e. The van der Waals surface area contributed by atoms with Gasteiger partial charge in [0, 0.05) is 5.56 Å². The van der Waals surface area contributed by atoms with Crippen molar-refractivity contribution in [1.82, 2.24) is 9.97 Å². The quantitative estimate of drug-likeness (QED) is 0.208. The highest BCUT2D eigenvalue weighted by Crippen LogP contribution is 2.26.